The van der Waals surface area contributed by atoms with E-state index in [-0.39, 0.29) is 25.7 Å². The predicted octanol–water partition coefficient (Wildman–Crippen LogP) is 21.6. The second-order valence-corrected chi connectivity index (χ2v) is 30.5. The van der Waals surface area contributed by atoms with Gasteiger partial charge < -0.3 is 33.8 Å². The van der Waals surface area contributed by atoms with Crippen LogP contribution in [-0.4, -0.2) is 96.7 Å². The number of esters is 4. The first-order valence-corrected chi connectivity index (χ1v) is 41.5. The fourth-order valence-electron chi connectivity index (χ4n) is 11.3. The van der Waals surface area contributed by atoms with Crippen molar-refractivity contribution in [2.24, 2.45) is 11.8 Å². The number of carbonyl (C=O) groups excluding carboxylic acids is 4. The Hall–Kier alpha value is -1.94. The third-order valence-corrected chi connectivity index (χ3v) is 19.1. The molecule has 0 bridgehead atoms. The molecular formula is C74H144O17P2. The Kier molecular flexibility index (Phi) is 64.6. The summed E-state index contributed by atoms with van der Waals surface area (Å²) in [7, 11) is -9.90. The normalized spacial score (nSPS) is 14.1. The summed E-state index contributed by atoms with van der Waals surface area (Å²) in [6.07, 6.45) is 52.7. The van der Waals surface area contributed by atoms with Crippen LogP contribution in [0.2, 0.25) is 0 Å². The van der Waals surface area contributed by atoms with Gasteiger partial charge in [0.15, 0.2) is 12.2 Å². The molecular weight excluding hydrogens is 1220 g/mol. The minimum Gasteiger partial charge on any atom is -0.462 e. The van der Waals surface area contributed by atoms with E-state index in [1.54, 1.807) is 0 Å². The van der Waals surface area contributed by atoms with Crippen LogP contribution in [0, 0.1) is 11.8 Å². The molecule has 19 heteroatoms. The first kappa shape index (κ1) is 91.1. The summed E-state index contributed by atoms with van der Waals surface area (Å²) in [4.78, 5) is 72.7. The van der Waals surface area contributed by atoms with E-state index in [1.165, 1.54) is 199 Å². The number of aliphatic hydroxyl groups excluding tert-OH is 1. The van der Waals surface area contributed by atoms with Gasteiger partial charge in [0, 0.05) is 25.7 Å². The van der Waals surface area contributed by atoms with Gasteiger partial charge in [-0.2, -0.15) is 0 Å². The number of hydrogen-bond acceptors (Lipinski definition) is 15. The number of phosphoric acid groups is 2. The van der Waals surface area contributed by atoms with Crippen LogP contribution in [0.5, 0.6) is 0 Å². The zero-order valence-electron chi connectivity index (χ0n) is 60.6. The Morgan fingerprint density at radius 2 is 0.495 bits per heavy atom. The summed E-state index contributed by atoms with van der Waals surface area (Å²) in [6.45, 7) is 9.55. The van der Waals surface area contributed by atoms with Gasteiger partial charge in [0.2, 0.25) is 0 Å². The molecule has 93 heavy (non-hydrogen) atoms. The molecule has 0 radical (unpaired) electrons. The Morgan fingerprint density at radius 1 is 0.290 bits per heavy atom. The van der Waals surface area contributed by atoms with Crippen LogP contribution in [0.3, 0.4) is 0 Å². The minimum atomic E-state index is -4.96. The average molecular weight is 1370 g/mol. The zero-order valence-corrected chi connectivity index (χ0v) is 62.3. The van der Waals surface area contributed by atoms with Gasteiger partial charge in [0.1, 0.15) is 19.3 Å². The van der Waals surface area contributed by atoms with E-state index in [9.17, 15) is 43.2 Å². The topological polar surface area (TPSA) is 237 Å². The number of unbranched alkanes of at least 4 members (excludes halogenated alkanes) is 43. The van der Waals surface area contributed by atoms with Crippen molar-refractivity contribution < 1.29 is 80.2 Å². The molecule has 0 aromatic carbocycles. The van der Waals surface area contributed by atoms with Crippen LogP contribution < -0.4 is 0 Å². The Labute approximate surface area is 568 Å². The molecule has 5 atom stereocenters. The van der Waals surface area contributed by atoms with Crippen LogP contribution in [0.25, 0.3) is 0 Å². The summed E-state index contributed by atoms with van der Waals surface area (Å²) in [5.74, 6) is -0.599. The lowest BCUT2D eigenvalue weighted by molar-refractivity contribution is -0.161. The highest BCUT2D eigenvalue weighted by atomic mass is 31.2. The number of hydrogen-bond donors (Lipinski definition) is 3. The molecule has 0 aliphatic carbocycles. The second kappa shape index (κ2) is 66.0. The van der Waals surface area contributed by atoms with Gasteiger partial charge in [-0.15, -0.1) is 0 Å². The van der Waals surface area contributed by atoms with Crippen molar-refractivity contribution in [2.45, 2.75) is 400 Å². The lowest BCUT2D eigenvalue weighted by Gasteiger charge is -2.21. The molecule has 17 nitrogen and oxygen atoms in total. The quantitative estimate of drug-likeness (QED) is 0.0222. The van der Waals surface area contributed by atoms with Crippen molar-refractivity contribution in [1.82, 2.24) is 0 Å². The Balaban J connectivity index is 5.22. The van der Waals surface area contributed by atoms with Crippen LogP contribution in [-0.2, 0) is 65.4 Å². The molecule has 0 saturated heterocycles. The molecule has 0 rings (SSSR count). The van der Waals surface area contributed by atoms with E-state index in [4.69, 9.17) is 37.0 Å². The van der Waals surface area contributed by atoms with E-state index in [0.29, 0.717) is 25.7 Å². The van der Waals surface area contributed by atoms with Crippen molar-refractivity contribution in [3.63, 3.8) is 0 Å². The highest BCUT2D eigenvalue weighted by Gasteiger charge is 2.30. The summed E-state index contributed by atoms with van der Waals surface area (Å²) >= 11 is 0. The van der Waals surface area contributed by atoms with E-state index in [1.807, 2.05) is 0 Å². The number of carbonyl (C=O) groups is 4. The van der Waals surface area contributed by atoms with Crippen LogP contribution in [0.1, 0.15) is 382 Å². The summed E-state index contributed by atoms with van der Waals surface area (Å²) in [6, 6.07) is 0. The molecule has 2 unspecified atom stereocenters. The molecule has 0 saturated carbocycles. The lowest BCUT2D eigenvalue weighted by atomic mass is 10.0. The van der Waals surface area contributed by atoms with Gasteiger partial charge in [0.05, 0.1) is 26.4 Å². The molecule has 0 heterocycles. The van der Waals surface area contributed by atoms with Crippen molar-refractivity contribution in [2.75, 3.05) is 39.6 Å². The van der Waals surface area contributed by atoms with Crippen molar-refractivity contribution >= 4 is 39.5 Å². The van der Waals surface area contributed by atoms with E-state index >= 15 is 0 Å². The number of aliphatic hydroxyl groups is 1. The van der Waals surface area contributed by atoms with Gasteiger partial charge in [-0.3, -0.25) is 37.3 Å². The molecule has 0 aromatic rings. The molecule has 552 valence electrons. The Bertz CT molecular complexity index is 1800. The van der Waals surface area contributed by atoms with Gasteiger partial charge in [-0.05, 0) is 37.5 Å². The third-order valence-electron chi connectivity index (χ3n) is 17.2. The maximum atomic E-state index is 13.1. The van der Waals surface area contributed by atoms with Gasteiger partial charge in [-0.1, -0.05) is 330 Å². The van der Waals surface area contributed by atoms with Gasteiger partial charge in [-0.25, -0.2) is 9.13 Å². The lowest BCUT2D eigenvalue weighted by Crippen LogP contribution is -2.30. The molecule has 0 aromatic heterocycles. The molecule has 0 fully saturated rings. The van der Waals surface area contributed by atoms with Crippen LogP contribution >= 0.6 is 15.6 Å². The summed E-state index contributed by atoms with van der Waals surface area (Å²) < 4.78 is 68.4. The fourth-order valence-corrected chi connectivity index (χ4v) is 12.9. The molecule has 0 aliphatic heterocycles. The summed E-state index contributed by atoms with van der Waals surface area (Å²) in [5, 5.41) is 10.6. The van der Waals surface area contributed by atoms with Crippen LogP contribution in [0.4, 0.5) is 0 Å². The Morgan fingerprint density at radius 3 is 0.731 bits per heavy atom. The van der Waals surface area contributed by atoms with Crippen molar-refractivity contribution in [3.05, 3.63) is 0 Å². The van der Waals surface area contributed by atoms with Gasteiger partial charge >= 0.3 is 39.5 Å². The van der Waals surface area contributed by atoms with Crippen molar-refractivity contribution in [1.29, 1.82) is 0 Å². The molecule has 0 amide bonds. The third kappa shape index (κ3) is 68.4. The van der Waals surface area contributed by atoms with Crippen molar-refractivity contribution in [3.8, 4) is 0 Å². The number of rotatable bonds is 73. The van der Waals surface area contributed by atoms with E-state index < -0.39 is 97.5 Å². The molecule has 3 N–H and O–H groups in total. The zero-order chi connectivity index (χ0) is 68.6. The minimum absolute atomic E-state index is 0.105. The first-order valence-electron chi connectivity index (χ1n) is 38.5. The largest absolute Gasteiger partial charge is 0.472 e. The molecule has 0 spiro atoms. The average Bonchev–Trinajstić information content (AvgIpc) is 2.18. The maximum Gasteiger partial charge on any atom is 0.472 e. The van der Waals surface area contributed by atoms with Crippen LogP contribution in [0.15, 0.2) is 0 Å². The highest BCUT2D eigenvalue weighted by Crippen LogP contribution is 2.45. The van der Waals surface area contributed by atoms with Gasteiger partial charge in [0.25, 0.3) is 0 Å². The van der Waals surface area contributed by atoms with E-state index in [0.717, 1.165) is 102 Å². The highest BCUT2D eigenvalue weighted by molar-refractivity contribution is 7.47. The first-order chi connectivity index (χ1) is 44.9. The smallest absolute Gasteiger partial charge is 0.462 e. The predicted molar refractivity (Wildman–Crippen MR) is 377 cm³/mol. The maximum absolute atomic E-state index is 13.1. The number of ether oxygens (including phenoxy) is 4. The van der Waals surface area contributed by atoms with E-state index in [2.05, 4.69) is 41.5 Å². The standard InChI is InChI=1S/C74H144O17P2/c1-7-9-11-13-15-17-18-19-21-25-28-32-39-45-51-57-72(77)85-63-69(90-73(78)58-52-46-40-33-29-26-23-20-22-24-27-31-36-42-48-54-66(3)4)64-88-92(80,81)86-60-68(75)61-87-93(82,83)89-65-70(62-84-71(76)56-50-44-38-30-16-14-12-10-8-2)91-74(79)59-53-47-41-35-34-37-43-49-55-67(5)6/h66-70,75H,7-65H2,1-6H3,(H,80,81)(H,82,83)/t68-,69-,70-/m1/s1. The SMILES string of the molecule is CCCCCCCCCCCCCCCCCC(=O)OC[C@H](COP(=O)(O)OC[C@@H](O)COP(=O)(O)OC[C@@H](COC(=O)CCCCCCCCCCC)OC(=O)CCCCCCCCCCC(C)C)OC(=O)CCCCCCCCCCCCCCCCCC(C)C. The monoisotopic (exact) mass is 1370 g/mol. The second-order valence-electron chi connectivity index (χ2n) is 27.6. The number of phosphoric ester groups is 2. The fraction of sp³-hybridized carbons (Fsp3) is 0.946. The summed E-state index contributed by atoms with van der Waals surface area (Å²) in [5.41, 5.74) is 0. The molecule has 0 aliphatic rings.